The van der Waals surface area contributed by atoms with E-state index in [1.54, 1.807) is 17.6 Å². The summed E-state index contributed by atoms with van der Waals surface area (Å²) in [4.78, 5) is 17.1. The van der Waals surface area contributed by atoms with Crippen LogP contribution in [0.1, 0.15) is 23.6 Å². The van der Waals surface area contributed by atoms with Crippen LogP contribution in [0.3, 0.4) is 0 Å². The van der Waals surface area contributed by atoms with E-state index in [1.165, 1.54) is 12.8 Å². The second kappa shape index (κ2) is 4.73. The molecule has 0 atom stereocenters. The molecule has 0 N–H and O–H groups in total. The minimum Gasteiger partial charge on any atom is -0.469 e. The van der Waals surface area contributed by atoms with Crippen LogP contribution in [-0.4, -0.2) is 22.5 Å². The second-order valence-corrected chi connectivity index (χ2v) is 5.92. The van der Waals surface area contributed by atoms with Crippen molar-refractivity contribution in [3.05, 3.63) is 34.9 Å². The number of nitrogens with zero attached hydrogens (tertiary/aromatic N) is 2. The Bertz CT molecular complexity index is 827. The van der Waals surface area contributed by atoms with Crippen molar-refractivity contribution in [3.8, 4) is 11.3 Å². The third-order valence-electron chi connectivity index (χ3n) is 3.93. The lowest BCUT2D eigenvalue weighted by atomic mass is 9.99. The molecule has 0 amide bonds. The van der Waals surface area contributed by atoms with Crippen LogP contribution < -0.4 is 0 Å². The normalized spacial score (nSPS) is 13.2. The van der Waals surface area contributed by atoms with Crippen LogP contribution in [-0.2, 0) is 28.8 Å². The zero-order chi connectivity index (χ0) is 14.4. The van der Waals surface area contributed by atoms with E-state index in [2.05, 4.69) is 9.78 Å². The predicted molar refractivity (Wildman–Crippen MR) is 78.5 cm³/mol. The zero-order valence-corrected chi connectivity index (χ0v) is 12.4. The van der Waals surface area contributed by atoms with Gasteiger partial charge in [-0.2, -0.15) is 0 Å². The van der Waals surface area contributed by atoms with Gasteiger partial charge in [-0.15, -0.1) is 11.3 Å². The van der Waals surface area contributed by atoms with Crippen molar-refractivity contribution < 1.29 is 13.9 Å². The summed E-state index contributed by atoms with van der Waals surface area (Å²) in [5.74, 6) is 0.838. The predicted octanol–water partition coefficient (Wildman–Crippen LogP) is 2.86. The SMILES string of the molecule is COC(=O)CCc1csc2nc3c(n12)CCc1occc1-3. The van der Waals surface area contributed by atoms with Crippen LogP contribution >= 0.6 is 11.3 Å². The Kier molecular flexibility index (Phi) is 2.85. The van der Waals surface area contributed by atoms with Gasteiger partial charge in [0.25, 0.3) is 0 Å². The van der Waals surface area contributed by atoms with E-state index in [4.69, 9.17) is 14.1 Å². The molecule has 0 fully saturated rings. The molecule has 1 aliphatic rings. The molecule has 6 heteroatoms. The van der Waals surface area contributed by atoms with Crippen LogP contribution in [0, 0.1) is 0 Å². The van der Waals surface area contributed by atoms with E-state index in [1.807, 2.05) is 6.07 Å². The van der Waals surface area contributed by atoms with E-state index in [0.717, 1.165) is 40.5 Å². The number of aromatic nitrogens is 2. The maximum atomic E-state index is 11.3. The lowest BCUT2D eigenvalue weighted by Gasteiger charge is -2.11. The molecule has 0 aliphatic heterocycles. The Hall–Kier alpha value is -2.08. The number of aryl methyl sites for hydroxylation is 3. The first-order valence-electron chi connectivity index (χ1n) is 6.89. The number of carbonyl (C=O) groups is 1. The molecule has 3 aromatic rings. The first kappa shape index (κ1) is 12.6. The van der Waals surface area contributed by atoms with E-state index < -0.39 is 0 Å². The highest BCUT2D eigenvalue weighted by Gasteiger charge is 2.25. The Morgan fingerprint density at radius 1 is 1.52 bits per heavy atom. The molecule has 0 aromatic carbocycles. The first-order valence-corrected chi connectivity index (χ1v) is 7.77. The Morgan fingerprint density at radius 3 is 3.29 bits per heavy atom. The van der Waals surface area contributed by atoms with Gasteiger partial charge in [0.05, 0.1) is 31.2 Å². The molecule has 0 bridgehead atoms. The zero-order valence-electron chi connectivity index (χ0n) is 11.6. The highest BCUT2D eigenvalue weighted by Crippen LogP contribution is 2.36. The van der Waals surface area contributed by atoms with Gasteiger partial charge in [0.2, 0.25) is 0 Å². The lowest BCUT2D eigenvalue weighted by molar-refractivity contribution is -0.140. The van der Waals surface area contributed by atoms with Crippen molar-refractivity contribution in [2.24, 2.45) is 0 Å². The number of furan rings is 1. The fraction of sp³-hybridized carbons (Fsp3) is 0.333. The minimum atomic E-state index is -0.180. The topological polar surface area (TPSA) is 56.7 Å². The van der Waals surface area contributed by atoms with Crippen LogP contribution in [0.15, 0.2) is 22.1 Å². The molecule has 0 saturated heterocycles. The first-order chi connectivity index (χ1) is 10.3. The van der Waals surface area contributed by atoms with E-state index >= 15 is 0 Å². The number of esters is 1. The number of rotatable bonds is 3. The van der Waals surface area contributed by atoms with Gasteiger partial charge in [0.1, 0.15) is 5.76 Å². The Labute approximate surface area is 125 Å². The van der Waals surface area contributed by atoms with Crippen LogP contribution in [0.5, 0.6) is 0 Å². The molecular formula is C15H14N2O3S. The summed E-state index contributed by atoms with van der Waals surface area (Å²) in [5, 5.41) is 2.08. The van der Waals surface area contributed by atoms with E-state index in [0.29, 0.717) is 12.8 Å². The summed E-state index contributed by atoms with van der Waals surface area (Å²) in [6, 6.07) is 1.98. The number of fused-ring (bicyclic) bond motifs is 5. The monoisotopic (exact) mass is 302 g/mol. The highest BCUT2D eigenvalue weighted by molar-refractivity contribution is 7.15. The number of carbonyl (C=O) groups excluding carboxylic acids is 1. The number of ether oxygens (including phenoxy) is 1. The minimum absolute atomic E-state index is 0.180. The average Bonchev–Trinajstić information content (AvgIpc) is 3.18. The molecule has 3 aromatic heterocycles. The molecular weight excluding hydrogens is 288 g/mol. The number of methoxy groups -OCH3 is 1. The second-order valence-electron chi connectivity index (χ2n) is 5.09. The smallest absolute Gasteiger partial charge is 0.305 e. The summed E-state index contributed by atoms with van der Waals surface area (Å²) < 4.78 is 12.4. The van der Waals surface area contributed by atoms with Gasteiger partial charge in [0, 0.05) is 23.1 Å². The summed E-state index contributed by atoms with van der Waals surface area (Å²) in [5.41, 5.74) is 4.48. The van der Waals surface area contributed by atoms with Gasteiger partial charge >= 0.3 is 5.97 Å². The van der Waals surface area contributed by atoms with Crippen LogP contribution in [0.4, 0.5) is 0 Å². The van der Waals surface area contributed by atoms with E-state index in [-0.39, 0.29) is 5.97 Å². The van der Waals surface area contributed by atoms with Gasteiger partial charge in [-0.1, -0.05) is 0 Å². The quantitative estimate of drug-likeness (QED) is 0.698. The summed E-state index contributed by atoms with van der Waals surface area (Å²) in [6.45, 7) is 0. The Morgan fingerprint density at radius 2 is 2.43 bits per heavy atom. The molecule has 4 rings (SSSR count). The molecule has 0 saturated carbocycles. The maximum Gasteiger partial charge on any atom is 0.305 e. The summed E-state index contributed by atoms with van der Waals surface area (Å²) in [6.07, 6.45) is 4.61. The number of thiazole rings is 1. The summed E-state index contributed by atoms with van der Waals surface area (Å²) >= 11 is 1.61. The molecule has 3 heterocycles. The van der Waals surface area contributed by atoms with Gasteiger partial charge in [-0.25, -0.2) is 4.98 Å². The molecule has 0 unspecified atom stereocenters. The average molecular weight is 302 g/mol. The highest BCUT2D eigenvalue weighted by atomic mass is 32.1. The molecule has 0 spiro atoms. The van der Waals surface area contributed by atoms with E-state index in [9.17, 15) is 4.79 Å². The number of hydrogen-bond donors (Lipinski definition) is 0. The third kappa shape index (κ3) is 1.90. The van der Waals surface area contributed by atoms with Crippen LogP contribution in [0.25, 0.3) is 16.2 Å². The molecule has 108 valence electrons. The van der Waals surface area contributed by atoms with Crippen molar-refractivity contribution in [1.29, 1.82) is 0 Å². The standard InChI is InChI=1S/C15H14N2O3S/c1-19-13(18)5-2-9-8-21-15-16-14-10-6-7-20-12(10)4-3-11(14)17(9)15/h6-8H,2-5H2,1H3. The van der Waals surface area contributed by atoms with Crippen molar-refractivity contribution in [2.75, 3.05) is 7.11 Å². The molecule has 5 nitrogen and oxygen atoms in total. The fourth-order valence-corrected chi connectivity index (χ4v) is 3.85. The number of hydrogen-bond acceptors (Lipinski definition) is 5. The number of imidazole rings is 1. The molecule has 0 radical (unpaired) electrons. The van der Waals surface area contributed by atoms with Gasteiger partial charge in [0.15, 0.2) is 4.96 Å². The fourth-order valence-electron chi connectivity index (χ4n) is 2.91. The molecule has 21 heavy (non-hydrogen) atoms. The van der Waals surface area contributed by atoms with Gasteiger partial charge in [-0.3, -0.25) is 9.20 Å². The van der Waals surface area contributed by atoms with Crippen molar-refractivity contribution in [3.63, 3.8) is 0 Å². The van der Waals surface area contributed by atoms with Crippen LogP contribution in [0.2, 0.25) is 0 Å². The maximum absolute atomic E-state index is 11.3. The Balaban J connectivity index is 1.77. The third-order valence-corrected chi connectivity index (χ3v) is 4.81. The van der Waals surface area contributed by atoms with Crippen molar-refractivity contribution in [1.82, 2.24) is 9.38 Å². The van der Waals surface area contributed by atoms with Crippen molar-refractivity contribution >= 4 is 22.3 Å². The van der Waals surface area contributed by atoms with Gasteiger partial charge in [-0.05, 0) is 18.9 Å². The largest absolute Gasteiger partial charge is 0.469 e. The van der Waals surface area contributed by atoms with Crippen molar-refractivity contribution in [2.45, 2.75) is 25.7 Å². The molecule has 1 aliphatic carbocycles. The summed E-state index contributed by atoms with van der Waals surface area (Å²) in [7, 11) is 1.42. The lowest BCUT2D eigenvalue weighted by Crippen LogP contribution is -2.07. The van der Waals surface area contributed by atoms with Gasteiger partial charge < -0.3 is 9.15 Å².